The summed E-state index contributed by atoms with van der Waals surface area (Å²) in [6.07, 6.45) is 2.05. The van der Waals surface area contributed by atoms with Crippen LogP contribution in [0.25, 0.3) is 27.6 Å². The second-order valence-electron chi connectivity index (χ2n) is 13.9. The lowest BCUT2D eigenvalue weighted by molar-refractivity contribution is -0.728. The van der Waals surface area contributed by atoms with Crippen LogP contribution in [0.15, 0.2) is 24.3 Å². The molecule has 0 amide bonds. The summed E-state index contributed by atoms with van der Waals surface area (Å²) in [5.74, 6) is 2.01. The number of fused-ring (bicyclic) bond motifs is 3. The summed E-state index contributed by atoms with van der Waals surface area (Å²) in [6, 6.07) is 9.29. The van der Waals surface area contributed by atoms with Crippen LogP contribution in [0.1, 0.15) is 90.7 Å². The number of hydrogen-bond donors (Lipinski definition) is 0. The molecule has 0 radical (unpaired) electrons. The summed E-state index contributed by atoms with van der Waals surface area (Å²) in [6.45, 7) is 25.3. The zero-order valence-electron chi connectivity index (χ0n) is 25.0. The fraction of sp³-hybridized carbons (Fsp3) is 0.576. The minimum absolute atomic E-state index is 0.0874. The van der Waals surface area contributed by atoms with Crippen LogP contribution in [0.2, 0.25) is 0 Å². The smallest absolute Gasteiger partial charge is 0.299 e. The van der Waals surface area contributed by atoms with E-state index in [0.29, 0.717) is 6.61 Å². The van der Waals surface area contributed by atoms with Gasteiger partial charge in [0.2, 0.25) is 5.82 Å². The summed E-state index contributed by atoms with van der Waals surface area (Å²) in [5, 5.41) is 1.27. The Labute approximate surface area is 227 Å². The average molecular weight is 515 g/mol. The number of hydrogen-bond acceptors (Lipinski definition) is 3. The van der Waals surface area contributed by atoms with Gasteiger partial charge in [-0.2, -0.15) is 4.40 Å². The number of rotatable bonds is 5. The lowest BCUT2D eigenvalue weighted by Crippen LogP contribution is -2.66. The third-order valence-corrected chi connectivity index (χ3v) is 10.1. The highest BCUT2D eigenvalue weighted by molar-refractivity contribution is 5.98. The number of ether oxygens (including phenoxy) is 2. The summed E-state index contributed by atoms with van der Waals surface area (Å²) in [7, 11) is 0. The monoisotopic (exact) mass is 514 g/mol. The van der Waals surface area contributed by atoms with Gasteiger partial charge in [0, 0.05) is 22.3 Å². The molecule has 2 atom stereocenters. The van der Waals surface area contributed by atoms with Crippen LogP contribution in [0.4, 0.5) is 0 Å². The first kappa shape index (κ1) is 25.6. The second kappa shape index (κ2) is 7.94. The zero-order chi connectivity index (χ0) is 27.4. The van der Waals surface area contributed by atoms with E-state index in [2.05, 4.69) is 102 Å². The zero-order valence-corrected chi connectivity index (χ0v) is 25.0. The Morgan fingerprint density at radius 2 is 1.68 bits per heavy atom. The standard InChI is InChI=1S/C33H44N3O2/c1-11-32(9)23-15-22(38-19-31(8)17-37-18-31)16-24-27(23)28-35(29(34-24)30(5,6)7)25-13-20(3)21(4)14-26(25)36(28)33(32,10)12-2/h13-16H,11-12,17-19H2,1-10H3/q+1. The van der Waals surface area contributed by atoms with E-state index in [4.69, 9.17) is 14.5 Å². The van der Waals surface area contributed by atoms with Crippen LogP contribution in [0, 0.1) is 19.3 Å². The second-order valence-corrected chi connectivity index (χ2v) is 13.9. The van der Waals surface area contributed by atoms with Gasteiger partial charge in [-0.15, -0.1) is 0 Å². The Kier molecular flexibility index (Phi) is 5.35. The van der Waals surface area contributed by atoms with Crippen molar-refractivity contribution < 1.29 is 14.0 Å². The van der Waals surface area contributed by atoms with Gasteiger partial charge in [-0.1, -0.05) is 48.5 Å². The van der Waals surface area contributed by atoms with E-state index in [1.807, 2.05) is 0 Å². The van der Waals surface area contributed by atoms with Crippen molar-refractivity contribution in [3.05, 3.63) is 46.8 Å². The van der Waals surface area contributed by atoms with Gasteiger partial charge in [0.1, 0.15) is 11.3 Å². The van der Waals surface area contributed by atoms with Crippen molar-refractivity contribution in [1.29, 1.82) is 0 Å². The van der Waals surface area contributed by atoms with Crippen molar-refractivity contribution in [3.8, 4) is 5.75 Å². The van der Waals surface area contributed by atoms with Crippen LogP contribution in [-0.4, -0.2) is 29.2 Å². The molecule has 4 heterocycles. The molecule has 2 aromatic carbocycles. The molecule has 4 aromatic rings. The molecule has 2 unspecified atom stereocenters. The van der Waals surface area contributed by atoms with Crippen molar-refractivity contribution in [2.75, 3.05) is 19.8 Å². The maximum absolute atomic E-state index is 6.52. The predicted octanol–water partition coefficient (Wildman–Crippen LogP) is 7.06. The highest BCUT2D eigenvalue weighted by atomic mass is 16.5. The van der Waals surface area contributed by atoms with Gasteiger partial charge in [-0.25, -0.2) is 9.55 Å². The lowest BCUT2D eigenvalue weighted by Gasteiger charge is -2.47. The molecule has 202 valence electrons. The van der Waals surface area contributed by atoms with Crippen molar-refractivity contribution in [3.63, 3.8) is 0 Å². The number of benzene rings is 2. The third kappa shape index (κ3) is 3.20. The summed E-state index contributed by atoms with van der Waals surface area (Å²) in [4.78, 5) is 5.44. The Morgan fingerprint density at radius 3 is 2.26 bits per heavy atom. The lowest BCUT2D eigenvalue weighted by atomic mass is 9.62. The first-order valence-corrected chi connectivity index (χ1v) is 14.4. The molecule has 2 aliphatic rings. The summed E-state index contributed by atoms with van der Waals surface area (Å²) >= 11 is 0. The minimum atomic E-state index is -0.140. The molecule has 0 bridgehead atoms. The Bertz CT molecular complexity index is 1620. The normalized spacial score (nSPS) is 24.5. The fourth-order valence-corrected chi connectivity index (χ4v) is 6.97. The van der Waals surface area contributed by atoms with E-state index in [0.717, 1.165) is 43.1 Å². The van der Waals surface area contributed by atoms with Gasteiger partial charge in [-0.05, 0) is 68.5 Å². The Morgan fingerprint density at radius 1 is 1.00 bits per heavy atom. The topological polar surface area (TPSA) is 39.6 Å². The number of imidazole rings is 1. The van der Waals surface area contributed by atoms with Gasteiger partial charge in [-0.3, -0.25) is 0 Å². The molecule has 5 nitrogen and oxygen atoms in total. The molecule has 2 aromatic heterocycles. The van der Waals surface area contributed by atoms with Gasteiger partial charge >= 0.3 is 0 Å². The summed E-state index contributed by atoms with van der Waals surface area (Å²) < 4.78 is 17.2. The average Bonchev–Trinajstić information content (AvgIpc) is 3.17. The van der Waals surface area contributed by atoms with Gasteiger partial charge in [0.25, 0.3) is 5.65 Å². The third-order valence-electron chi connectivity index (χ3n) is 10.1. The van der Waals surface area contributed by atoms with E-state index >= 15 is 0 Å². The van der Waals surface area contributed by atoms with Gasteiger partial charge in [0.05, 0.1) is 30.7 Å². The first-order chi connectivity index (χ1) is 17.8. The molecule has 0 N–H and O–H groups in total. The van der Waals surface area contributed by atoms with Crippen LogP contribution in [0.3, 0.4) is 0 Å². The highest BCUT2D eigenvalue weighted by Crippen LogP contribution is 2.51. The SMILES string of the molecule is CCC1(C)c2cc(OCC3(C)COC3)cc3nc(C(C)(C)C)n4c5cc(C)c(C)cc5[n+](c4c23)C1(C)CC. The number of aryl methyl sites for hydroxylation is 2. The van der Waals surface area contributed by atoms with Crippen molar-refractivity contribution in [1.82, 2.24) is 9.38 Å². The molecule has 38 heavy (non-hydrogen) atoms. The first-order valence-electron chi connectivity index (χ1n) is 14.4. The quantitative estimate of drug-likeness (QED) is 0.268. The van der Waals surface area contributed by atoms with E-state index in [1.165, 1.54) is 38.8 Å². The van der Waals surface area contributed by atoms with Crippen LogP contribution in [0.5, 0.6) is 5.75 Å². The molecule has 0 spiro atoms. The van der Waals surface area contributed by atoms with Gasteiger partial charge in [0.15, 0.2) is 11.0 Å². The van der Waals surface area contributed by atoms with Crippen molar-refractivity contribution in [2.24, 2.45) is 5.41 Å². The van der Waals surface area contributed by atoms with E-state index in [1.54, 1.807) is 0 Å². The van der Waals surface area contributed by atoms with Crippen LogP contribution < -0.4 is 9.30 Å². The number of nitrogens with zero attached hydrogens (tertiary/aromatic N) is 3. The molecule has 0 saturated carbocycles. The summed E-state index contributed by atoms with van der Waals surface area (Å²) in [5.41, 5.74) is 8.61. The molecule has 2 aliphatic heterocycles. The molecule has 5 heteroatoms. The van der Waals surface area contributed by atoms with Crippen LogP contribution in [-0.2, 0) is 21.1 Å². The Hall–Kier alpha value is -2.66. The largest absolute Gasteiger partial charge is 0.493 e. The molecule has 1 fully saturated rings. The highest BCUT2D eigenvalue weighted by Gasteiger charge is 2.55. The maximum Gasteiger partial charge on any atom is 0.299 e. The van der Waals surface area contributed by atoms with E-state index < -0.39 is 0 Å². The predicted molar refractivity (Wildman–Crippen MR) is 155 cm³/mol. The molecular weight excluding hydrogens is 470 g/mol. The van der Waals surface area contributed by atoms with E-state index in [-0.39, 0.29) is 21.8 Å². The van der Waals surface area contributed by atoms with Crippen molar-refractivity contribution >= 4 is 27.6 Å². The molecule has 6 rings (SSSR count). The fourth-order valence-electron chi connectivity index (χ4n) is 6.97. The molecular formula is C33H44N3O2+. The Balaban J connectivity index is 1.80. The molecule has 0 aliphatic carbocycles. The van der Waals surface area contributed by atoms with Crippen LogP contribution >= 0.6 is 0 Å². The van der Waals surface area contributed by atoms with Crippen molar-refractivity contribution in [2.45, 2.75) is 98.4 Å². The van der Waals surface area contributed by atoms with E-state index in [9.17, 15) is 0 Å². The minimum Gasteiger partial charge on any atom is -0.493 e. The van der Waals surface area contributed by atoms with Gasteiger partial charge < -0.3 is 9.47 Å². The molecule has 1 saturated heterocycles. The number of aromatic nitrogens is 3. The maximum atomic E-state index is 6.52.